The van der Waals surface area contributed by atoms with Gasteiger partial charge < -0.3 is 0 Å². The van der Waals surface area contributed by atoms with Crippen molar-refractivity contribution in [2.75, 3.05) is 6.54 Å². The van der Waals surface area contributed by atoms with E-state index in [1.54, 1.807) is 0 Å². The van der Waals surface area contributed by atoms with Gasteiger partial charge in [-0.2, -0.15) is 0 Å². The van der Waals surface area contributed by atoms with E-state index in [9.17, 15) is 0 Å². The highest BCUT2D eigenvalue weighted by Crippen LogP contribution is 2.16. The van der Waals surface area contributed by atoms with Crippen molar-refractivity contribution in [2.45, 2.75) is 13.1 Å². The van der Waals surface area contributed by atoms with Gasteiger partial charge >= 0.3 is 0 Å². The van der Waals surface area contributed by atoms with E-state index in [0.29, 0.717) is 0 Å². The lowest BCUT2D eigenvalue weighted by atomic mass is 10.3. The van der Waals surface area contributed by atoms with Crippen LogP contribution in [0.15, 0.2) is 35.0 Å². The molecule has 0 unspecified atom stereocenters. The fraction of sp³-hybridized carbons (Fsp3) is 0.250. The van der Waals surface area contributed by atoms with E-state index >= 15 is 0 Å². The largest absolute Gasteiger partial charge is 0.293 e. The van der Waals surface area contributed by atoms with Crippen LogP contribution in [0.1, 0.15) is 9.75 Å². The lowest BCUT2D eigenvalue weighted by molar-refractivity contribution is 0.290. The SMILES string of the molecule is [CH2]CN(Cc1cccs1)Cc1cccs1. The molecule has 0 saturated carbocycles. The summed E-state index contributed by atoms with van der Waals surface area (Å²) in [5.74, 6) is 0. The summed E-state index contributed by atoms with van der Waals surface area (Å²) in [5, 5.41) is 4.25. The first kappa shape index (κ1) is 10.9. The monoisotopic (exact) mass is 236 g/mol. The fourth-order valence-corrected chi connectivity index (χ4v) is 2.95. The van der Waals surface area contributed by atoms with Crippen molar-refractivity contribution in [2.24, 2.45) is 0 Å². The van der Waals surface area contributed by atoms with Crippen molar-refractivity contribution in [3.05, 3.63) is 51.7 Å². The molecule has 3 heteroatoms. The maximum absolute atomic E-state index is 3.98. The molecule has 2 heterocycles. The Kier molecular flexibility index (Phi) is 3.94. The normalized spacial score (nSPS) is 11.1. The van der Waals surface area contributed by atoms with Crippen LogP contribution < -0.4 is 0 Å². The van der Waals surface area contributed by atoms with Gasteiger partial charge in [-0.25, -0.2) is 0 Å². The minimum atomic E-state index is 0.857. The van der Waals surface area contributed by atoms with Crippen LogP contribution in [-0.2, 0) is 13.1 Å². The van der Waals surface area contributed by atoms with Gasteiger partial charge in [0.05, 0.1) is 0 Å². The molecule has 79 valence electrons. The first-order valence-corrected chi connectivity index (χ1v) is 6.71. The van der Waals surface area contributed by atoms with Crippen LogP contribution in [0.25, 0.3) is 0 Å². The van der Waals surface area contributed by atoms with E-state index in [1.165, 1.54) is 9.75 Å². The molecule has 0 atom stereocenters. The summed E-state index contributed by atoms with van der Waals surface area (Å²) in [6, 6.07) is 8.57. The minimum Gasteiger partial charge on any atom is -0.293 e. The summed E-state index contributed by atoms with van der Waals surface area (Å²) >= 11 is 3.63. The van der Waals surface area contributed by atoms with Gasteiger partial charge in [0.2, 0.25) is 0 Å². The number of thiophene rings is 2. The smallest absolute Gasteiger partial charge is 0.0331 e. The van der Waals surface area contributed by atoms with Gasteiger partial charge in [0.15, 0.2) is 0 Å². The first-order valence-electron chi connectivity index (χ1n) is 4.95. The Labute approximate surface area is 99.0 Å². The van der Waals surface area contributed by atoms with Crippen LogP contribution in [0.4, 0.5) is 0 Å². The van der Waals surface area contributed by atoms with E-state index in [1.807, 2.05) is 22.7 Å². The van der Waals surface area contributed by atoms with E-state index in [4.69, 9.17) is 0 Å². The van der Waals surface area contributed by atoms with Gasteiger partial charge in [0.1, 0.15) is 0 Å². The summed E-state index contributed by atoms with van der Waals surface area (Å²) in [5.41, 5.74) is 0. The highest BCUT2D eigenvalue weighted by molar-refractivity contribution is 7.10. The molecule has 0 fully saturated rings. The molecule has 0 aliphatic carbocycles. The number of hydrogen-bond acceptors (Lipinski definition) is 3. The van der Waals surface area contributed by atoms with Crippen LogP contribution in [0, 0.1) is 6.92 Å². The quantitative estimate of drug-likeness (QED) is 0.766. The van der Waals surface area contributed by atoms with Gasteiger partial charge in [-0.3, -0.25) is 4.90 Å². The second-order valence-electron chi connectivity index (χ2n) is 3.37. The van der Waals surface area contributed by atoms with Crippen LogP contribution in [-0.4, -0.2) is 11.4 Å². The summed E-state index contributed by atoms with van der Waals surface area (Å²) in [4.78, 5) is 5.18. The Bertz CT molecular complexity index is 328. The topological polar surface area (TPSA) is 3.24 Å². The highest BCUT2D eigenvalue weighted by atomic mass is 32.1. The van der Waals surface area contributed by atoms with Gasteiger partial charge in [-0.1, -0.05) is 12.1 Å². The zero-order valence-corrected chi connectivity index (χ0v) is 10.2. The molecule has 1 nitrogen and oxygen atoms in total. The summed E-state index contributed by atoms with van der Waals surface area (Å²) in [6.07, 6.45) is 0. The standard InChI is InChI=1S/C12H14NS2/c1-2-13(9-11-5-3-7-14-11)10-12-6-4-8-15-12/h3-8H,1-2,9-10H2. The van der Waals surface area contributed by atoms with E-state index in [0.717, 1.165) is 19.6 Å². The minimum absolute atomic E-state index is 0.857. The molecular weight excluding hydrogens is 222 g/mol. The van der Waals surface area contributed by atoms with E-state index in [-0.39, 0.29) is 0 Å². The predicted molar refractivity (Wildman–Crippen MR) is 68.1 cm³/mol. The molecular formula is C12H14NS2. The van der Waals surface area contributed by atoms with E-state index < -0.39 is 0 Å². The maximum Gasteiger partial charge on any atom is 0.0331 e. The Morgan fingerprint density at radius 2 is 1.53 bits per heavy atom. The summed E-state index contributed by atoms with van der Waals surface area (Å²) in [7, 11) is 0. The van der Waals surface area contributed by atoms with Gasteiger partial charge in [-0.15, -0.1) is 22.7 Å². The number of rotatable bonds is 5. The molecule has 0 amide bonds. The third-order valence-corrected chi connectivity index (χ3v) is 3.96. The predicted octanol–water partition coefficient (Wildman–Crippen LogP) is 3.65. The van der Waals surface area contributed by atoms with Crippen molar-refractivity contribution in [1.82, 2.24) is 4.90 Å². The first-order chi connectivity index (χ1) is 7.38. The average Bonchev–Trinajstić information content (AvgIpc) is 2.89. The molecule has 15 heavy (non-hydrogen) atoms. The molecule has 0 aliphatic heterocycles. The second-order valence-corrected chi connectivity index (χ2v) is 5.43. The molecule has 0 aliphatic rings. The molecule has 0 aromatic carbocycles. The van der Waals surface area contributed by atoms with Gasteiger partial charge in [-0.05, 0) is 36.4 Å². The van der Waals surface area contributed by atoms with Crippen LogP contribution in [0.2, 0.25) is 0 Å². The molecule has 0 N–H and O–H groups in total. The zero-order valence-electron chi connectivity index (χ0n) is 8.56. The lowest BCUT2D eigenvalue weighted by Gasteiger charge is -2.18. The zero-order chi connectivity index (χ0) is 10.5. The van der Waals surface area contributed by atoms with Crippen molar-refractivity contribution >= 4 is 22.7 Å². The number of hydrogen-bond donors (Lipinski definition) is 0. The molecule has 2 rings (SSSR count). The summed E-state index contributed by atoms with van der Waals surface area (Å²) in [6.45, 7) is 6.87. The Morgan fingerprint density at radius 1 is 1.00 bits per heavy atom. The fourth-order valence-electron chi connectivity index (χ4n) is 1.46. The third kappa shape index (κ3) is 3.16. The van der Waals surface area contributed by atoms with Crippen molar-refractivity contribution in [3.63, 3.8) is 0 Å². The van der Waals surface area contributed by atoms with Crippen LogP contribution in [0.5, 0.6) is 0 Å². The summed E-state index contributed by atoms with van der Waals surface area (Å²) < 4.78 is 0. The van der Waals surface area contributed by atoms with Crippen molar-refractivity contribution in [1.29, 1.82) is 0 Å². The molecule has 0 bridgehead atoms. The lowest BCUT2D eigenvalue weighted by Crippen LogP contribution is -2.21. The second kappa shape index (κ2) is 5.45. The maximum atomic E-state index is 3.98. The molecule has 2 aromatic heterocycles. The highest BCUT2D eigenvalue weighted by Gasteiger charge is 2.05. The number of nitrogens with zero attached hydrogens (tertiary/aromatic N) is 1. The molecule has 0 spiro atoms. The molecule has 0 saturated heterocycles. The molecule has 1 radical (unpaired) electrons. The Morgan fingerprint density at radius 3 is 1.87 bits per heavy atom. The van der Waals surface area contributed by atoms with Crippen LogP contribution >= 0.6 is 22.7 Å². The Balaban J connectivity index is 1.93. The third-order valence-electron chi connectivity index (χ3n) is 2.24. The van der Waals surface area contributed by atoms with Crippen LogP contribution in [0.3, 0.4) is 0 Å². The van der Waals surface area contributed by atoms with Crippen molar-refractivity contribution < 1.29 is 0 Å². The van der Waals surface area contributed by atoms with Gasteiger partial charge in [0, 0.05) is 22.8 Å². The van der Waals surface area contributed by atoms with E-state index in [2.05, 4.69) is 46.8 Å². The average molecular weight is 236 g/mol. The van der Waals surface area contributed by atoms with Crippen molar-refractivity contribution in [3.8, 4) is 0 Å². The Hall–Kier alpha value is -0.640. The van der Waals surface area contributed by atoms with Gasteiger partial charge in [0.25, 0.3) is 0 Å². The molecule has 2 aromatic rings.